The lowest BCUT2D eigenvalue weighted by molar-refractivity contribution is -0.116. The summed E-state index contributed by atoms with van der Waals surface area (Å²) in [5.74, 6) is 0.167. The molecule has 2 amide bonds. The van der Waals surface area contributed by atoms with Crippen LogP contribution in [0.4, 0.5) is 11.4 Å². The van der Waals surface area contributed by atoms with Crippen molar-refractivity contribution >= 4 is 39.1 Å². The third-order valence-corrected chi connectivity index (χ3v) is 4.81. The van der Waals surface area contributed by atoms with Gasteiger partial charge < -0.3 is 15.4 Å². The first-order chi connectivity index (χ1) is 14.0. The molecule has 0 radical (unpaired) electrons. The van der Waals surface area contributed by atoms with Crippen LogP contribution in [0, 0.1) is 0 Å². The fourth-order valence-electron chi connectivity index (χ4n) is 2.82. The number of carbonyl (C=O) groups excluding carboxylic acids is 2. The molecule has 0 spiro atoms. The largest absolute Gasteiger partial charge is 0.496 e. The van der Waals surface area contributed by atoms with E-state index in [0.29, 0.717) is 35.5 Å². The lowest BCUT2D eigenvalue weighted by Crippen LogP contribution is -2.14. The molecular weight excluding hydrogens is 432 g/mol. The summed E-state index contributed by atoms with van der Waals surface area (Å²) in [7, 11) is 1.52. The van der Waals surface area contributed by atoms with Gasteiger partial charge in [0.2, 0.25) is 5.91 Å². The second-order valence-electron chi connectivity index (χ2n) is 6.41. The Bertz CT molecular complexity index is 989. The van der Waals surface area contributed by atoms with Gasteiger partial charge in [0.1, 0.15) is 5.75 Å². The number of benzene rings is 3. The number of halogens is 1. The van der Waals surface area contributed by atoms with Crippen LogP contribution in [-0.4, -0.2) is 18.9 Å². The van der Waals surface area contributed by atoms with Gasteiger partial charge in [0, 0.05) is 22.3 Å². The van der Waals surface area contributed by atoms with Crippen molar-refractivity contribution < 1.29 is 14.3 Å². The fraction of sp³-hybridized carbons (Fsp3) is 0.130. The summed E-state index contributed by atoms with van der Waals surface area (Å²) in [6.45, 7) is 0. The van der Waals surface area contributed by atoms with Gasteiger partial charge in [0.25, 0.3) is 5.91 Å². The molecule has 0 aliphatic heterocycles. The van der Waals surface area contributed by atoms with E-state index >= 15 is 0 Å². The second kappa shape index (κ2) is 9.89. The molecule has 0 aliphatic carbocycles. The topological polar surface area (TPSA) is 67.4 Å². The predicted octanol–water partition coefficient (Wildman–Crippen LogP) is 5.28. The molecule has 0 atom stereocenters. The molecule has 0 aromatic heterocycles. The van der Waals surface area contributed by atoms with E-state index in [0.717, 1.165) is 10.0 Å². The van der Waals surface area contributed by atoms with Crippen LogP contribution in [0.15, 0.2) is 77.3 Å². The van der Waals surface area contributed by atoms with Crippen LogP contribution in [0.5, 0.6) is 5.75 Å². The van der Waals surface area contributed by atoms with Crippen molar-refractivity contribution in [2.45, 2.75) is 12.8 Å². The molecule has 29 heavy (non-hydrogen) atoms. The van der Waals surface area contributed by atoms with E-state index in [1.54, 1.807) is 36.4 Å². The third-order valence-electron chi connectivity index (χ3n) is 4.32. The number of hydrogen-bond acceptors (Lipinski definition) is 3. The molecule has 0 fully saturated rings. The normalized spacial score (nSPS) is 10.3. The van der Waals surface area contributed by atoms with Crippen LogP contribution >= 0.6 is 15.9 Å². The number of hydrogen-bond donors (Lipinski definition) is 2. The third kappa shape index (κ3) is 5.93. The summed E-state index contributed by atoms with van der Waals surface area (Å²) in [4.78, 5) is 24.7. The molecule has 3 aromatic carbocycles. The first-order valence-corrected chi connectivity index (χ1v) is 9.93. The molecule has 0 saturated carbocycles. The molecule has 0 heterocycles. The van der Waals surface area contributed by atoms with E-state index < -0.39 is 0 Å². The first kappa shape index (κ1) is 20.6. The Kier molecular flexibility index (Phi) is 7.03. The van der Waals surface area contributed by atoms with Gasteiger partial charge in [-0.05, 0) is 54.4 Å². The van der Waals surface area contributed by atoms with E-state index in [-0.39, 0.29) is 11.8 Å². The number of carbonyl (C=O) groups is 2. The molecule has 5 nitrogen and oxygen atoms in total. The lowest BCUT2D eigenvalue weighted by atomic mass is 10.1. The van der Waals surface area contributed by atoms with Crippen molar-refractivity contribution in [3.8, 4) is 5.75 Å². The number of ether oxygens (including phenoxy) is 1. The van der Waals surface area contributed by atoms with Gasteiger partial charge in [-0.1, -0.05) is 46.3 Å². The molecule has 3 rings (SSSR count). The molecule has 148 valence electrons. The Morgan fingerprint density at radius 3 is 2.21 bits per heavy atom. The van der Waals surface area contributed by atoms with Crippen LogP contribution in [0.1, 0.15) is 22.3 Å². The van der Waals surface area contributed by atoms with E-state index in [2.05, 4.69) is 26.6 Å². The maximum absolute atomic E-state index is 12.5. The Morgan fingerprint density at radius 1 is 0.897 bits per heavy atom. The smallest absolute Gasteiger partial charge is 0.259 e. The highest BCUT2D eigenvalue weighted by atomic mass is 79.9. The van der Waals surface area contributed by atoms with E-state index in [1.165, 1.54) is 7.11 Å². The quantitative estimate of drug-likeness (QED) is 0.512. The summed E-state index contributed by atoms with van der Waals surface area (Å²) in [6.07, 6.45) is 1.10. The van der Waals surface area contributed by atoms with Gasteiger partial charge in [-0.2, -0.15) is 0 Å². The standard InChI is InChI=1S/C23H21BrN2O3/c1-29-21-13-8-17(24)15-20(21)23(28)26-19-11-9-18(10-12-19)25-22(27)14-7-16-5-3-2-4-6-16/h2-6,8-13,15H,7,14H2,1H3,(H,25,27)(H,26,28). The molecule has 0 bridgehead atoms. The van der Waals surface area contributed by atoms with Crippen molar-refractivity contribution in [3.63, 3.8) is 0 Å². The van der Waals surface area contributed by atoms with E-state index in [9.17, 15) is 9.59 Å². The van der Waals surface area contributed by atoms with Gasteiger partial charge >= 0.3 is 0 Å². The highest BCUT2D eigenvalue weighted by molar-refractivity contribution is 9.10. The van der Waals surface area contributed by atoms with Crippen molar-refractivity contribution in [1.82, 2.24) is 0 Å². The van der Waals surface area contributed by atoms with Crippen molar-refractivity contribution in [1.29, 1.82) is 0 Å². The summed E-state index contributed by atoms with van der Waals surface area (Å²) in [5.41, 5.74) is 2.87. The van der Waals surface area contributed by atoms with Crippen molar-refractivity contribution in [3.05, 3.63) is 88.4 Å². The number of anilines is 2. The zero-order valence-electron chi connectivity index (χ0n) is 15.9. The minimum absolute atomic E-state index is 0.0514. The summed E-state index contributed by atoms with van der Waals surface area (Å²) in [6, 6.07) is 22.1. The average molecular weight is 453 g/mol. The molecule has 6 heteroatoms. The van der Waals surface area contributed by atoms with E-state index in [1.807, 2.05) is 36.4 Å². The summed E-state index contributed by atoms with van der Waals surface area (Å²) < 4.78 is 6.04. The van der Waals surface area contributed by atoms with Gasteiger partial charge in [0.15, 0.2) is 0 Å². The van der Waals surface area contributed by atoms with Crippen molar-refractivity contribution in [2.75, 3.05) is 17.7 Å². The maximum Gasteiger partial charge on any atom is 0.259 e. The lowest BCUT2D eigenvalue weighted by Gasteiger charge is -2.11. The first-order valence-electron chi connectivity index (χ1n) is 9.14. The van der Waals surface area contributed by atoms with Crippen LogP contribution in [-0.2, 0) is 11.2 Å². The SMILES string of the molecule is COc1ccc(Br)cc1C(=O)Nc1ccc(NC(=O)CCc2ccccc2)cc1. The zero-order chi connectivity index (χ0) is 20.6. The Labute approximate surface area is 178 Å². The average Bonchev–Trinajstić information content (AvgIpc) is 2.74. The molecular formula is C23H21BrN2O3. The molecule has 0 aliphatic rings. The molecule has 2 N–H and O–H groups in total. The number of methoxy groups -OCH3 is 1. The zero-order valence-corrected chi connectivity index (χ0v) is 17.5. The summed E-state index contributed by atoms with van der Waals surface area (Å²) in [5, 5.41) is 5.71. The highest BCUT2D eigenvalue weighted by Gasteiger charge is 2.13. The number of aryl methyl sites for hydroxylation is 1. The molecule has 3 aromatic rings. The maximum atomic E-state index is 12.5. The highest BCUT2D eigenvalue weighted by Crippen LogP contribution is 2.24. The van der Waals surface area contributed by atoms with Crippen LogP contribution < -0.4 is 15.4 Å². The molecule has 0 saturated heterocycles. The molecule has 0 unspecified atom stereocenters. The second-order valence-corrected chi connectivity index (χ2v) is 7.33. The van der Waals surface area contributed by atoms with Gasteiger partial charge in [-0.3, -0.25) is 9.59 Å². The predicted molar refractivity (Wildman–Crippen MR) is 118 cm³/mol. The van der Waals surface area contributed by atoms with Gasteiger partial charge in [-0.25, -0.2) is 0 Å². The van der Waals surface area contributed by atoms with Crippen LogP contribution in [0.2, 0.25) is 0 Å². The monoisotopic (exact) mass is 452 g/mol. The minimum Gasteiger partial charge on any atom is -0.496 e. The Hall–Kier alpha value is -3.12. The van der Waals surface area contributed by atoms with Crippen LogP contribution in [0.25, 0.3) is 0 Å². The van der Waals surface area contributed by atoms with E-state index in [4.69, 9.17) is 4.74 Å². The number of rotatable bonds is 7. The van der Waals surface area contributed by atoms with Crippen molar-refractivity contribution in [2.24, 2.45) is 0 Å². The fourth-order valence-corrected chi connectivity index (χ4v) is 3.18. The Morgan fingerprint density at radius 2 is 1.55 bits per heavy atom. The number of amides is 2. The Balaban J connectivity index is 1.56. The number of nitrogens with one attached hydrogen (secondary N) is 2. The minimum atomic E-state index is -0.275. The van der Waals surface area contributed by atoms with Gasteiger partial charge in [0.05, 0.1) is 12.7 Å². The van der Waals surface area contributed by atoms with Crippen LogP contribution in [0.3, 0.4) is 0 Å². The summed E-state index contributed by atoms with van der Waals surface area (Å²) >= 11 is 3.36. The van der Waals surface area contributed by atoms with Gasteiger partial charge in [-0.15, -0.1) is 0 Å².